The maximum Gasteiger partial charge on any atom is 0.419 e. The van der Waals surface area contributed by atoms with Crippen molar-refractivity contribution in [2.75, 3.05) is 86.8 Å². The molecule has 16 heteroatoms. The predicted molar refractivity (Wildman–Crippen MR) is 187 cm³/mol. The number of hydroxylamine groups is 1. The summed E-state index contributed by atoms with van der Waals surface area (Å²) in [6, 6.07) is 8.60. The Morgan fingerprint density at radius 3 is 2.37 bits per heavy atom. The van der Waals surface area contributed by atoms with Crippen molar-refractivity contribution in [3.63, 3.8) is 0 Å². The number of aromatic nitrogens is 2. The molecule has 1 atom stereocenters. The van der Waals surface area contributed by atoms with E-state index in [1.54, 1.807) is 19.2 Å². The van der Waals surface area contributed by atoms with Crippen molar-refractivity contribution in [2.24, 2.45) is 0 Å². The van der Waals surface area contributed by atoms with Crippen LogP contribution in [0.5, 0.6) is 5.75 Å². The van der Waals surface area contributed by atoms with E-state index in [1.165, 1.54) is 29.6 Å². The third kappa shape index (κ3) is 7.51. The second-order valence-electron chi connectivity index (χ2n) is 13.3. The van der Waals surface area contributed by atoms with E-state index in [4.69, 9.17) is 14.3 Å². The number of ether oxygens (including phenoxy) is 2. The first kappa shape index (κ1) is 35.9. The minimum atomic E-state index is -4.84. The SMILES string of the molecule is C=CC(=O)Nc1cc(Nc2cc(N3OCCC3c3cccc(C(F)(F)F)c3F)ncn2)c(OC)cc1N1CCC(N2CCN(C3COC3)CC2)CC1. The molecule has 4 saturated heterocycles. The number of benzene rings is 2. The lowest BCUT2D eigenvalue weighted by atomic mass is 10.0. The fraction of sp³-hybridized carbons (Fsp3) is 0.472. The van der Waals surface area contributed by atoms with Gasteiger partial charge in [0, 0.05) is 69.4 Å². The molecule has 0 radical (unpaired) electrons. The number of nitrogens with zero attached hydrogens (tertiary/aromatic N) is 6. The minimum Gasteiger partial charge on any atom is -0.494 e. The van der Waals surface area contributed by atoms with Gasteiger partial charge in [0.25, 0.3) is 0 Å². The molecule has 0 aliphatic carbocycles. The molecular weight excluding hydrogens is 684 g/mol. The summed E-state index contributed by atoms with van der Waals surface area (Å²) in [4.78, 5) is 34.3. The quantitative estimate of drug-likeness (QED) is 0.208. The van der Waals surface area contributed by atoms with Gasteiger partial charge in [-0.3, -0.25) is 19.4 Å². The summed E-state index contributed by atoms with van der Waals surface area (Å²) in [5.74, 6) is -0.698. The van der Waals surface area contributed by atoms with E-state index >= 15 is 4.39 Å². The van der Waals surface area contributed by atoms with Crippen LogP contribution in [0.15, 0.2) is 55.4 Å². The summed E-state index contributed by atoms with van der Waals surface area (Å²) in [5, 5.41) is 7.46. The molecule has 2 N–H and O–H groups in total. The number of hydrogen-bond acceptors (Lipinski definition) is 11. The number of halogens is 4. The Morgan fingerprint density at radius 2 is 1.71 bits per heavy atom. The Hall–Kier alpha value is -4.51. The van der Waals surface area contributed by atoms with Crippen molar-refractivity contribution in [1.29, 1.82) is 0 Å². The largest absolute Gasteiger partial charge is 0.494 e. The van der Waals surface area contributed by atoms with Crippen LogP contribution in [-0.4, -0.2) is 104 Å². The van der Waals surface area contributed by atoms with Crippen molar-refractivity contribution in [2.45, 2.75) is 43.6 Å². The zero-order valence-corrected chi connectivity index (χ0v) is 28.9. The lowest BCUT2D eigenvalue weighted by molar-refractivity contribution is -0.140. The van der Waals surface area contributed by atoms with Crippen molar-refractivity contribution in [1.82, 2.24) is 19.8 Å². The van der Waals surface area contributed by atoms with E-state index in [9.17, 15) is 18.0 Å². The molecule has 5 heterocycles. The van der Waals surface area contributed by atoms with Gasteiger partial charge in [-0.1, -0.05) is 18.7 Å². The highest BCUT2D eigenvalue weighted by Crippen LogP contribution is 2.42. The number of anilines is 5. The van der Waals surface area contributed by atoms with Crippen LogP contribution in [0, 0.1) is 5.82 Å². The number of piperidine rings is 1. The molecule has 0 bridgehead atoms. The molecule has 12 nitrogen and oxygen atoms in total. The molecule has 2 aromatic carbocycles. The Labute approximate surface area is 299 Å². The molecule has 4 aliphatic heterocycles. The molecule has 4 aliphatic rings. The Morgan fingerprint density at radius 1 is 0.981 bits per heavy atom. The van der Waals surface area contributed by atoms with Gasteiger partial charge in [0.15, 0.2) is 5.82 Å². The van der Waals surface area contributed by atoms with Crippen LogP contribution in [0.25, 0.3) is 0 Å². The summed E-state index contributed by atoms with van der Waals surface area (Å²) in [7, 11) is 1.55. The highest BCUT2D eigenvalue weighted by Gasteiger charge is 2.39. The highest BCUT2D eigenvalue weighted by atomic mass is 19.4. The van der Waals surface area contributed by atoms with Crippen molar-refractivity contribution in [3.8, 4) is 5.75 Å². The number of carbonyl (C=O) groups is 1. The Bertz CT molecular complexity index is 1760. The fourth-order valence-electron chi connectivity index (χ4n) is 7.43. The Kier molecular flexibility index (Phi) is 10.5. The topological polar surface area (TPSA) is 108 Å². The molecule has 1 aromatic heterocycles. The van der Waals surface area contributed by atoms with Crippen LogP contribution in [0.1, 0.15) is 36.4 Å². The van der Waals surface area contributed by atoms with E-state index in [1.807, 2.05) is 6.07 Å². The smallest absolute Gasteiger partial charge is 0.419 e. The van der Waals surface area contributed by atoms with E-state index in [0.29, 0.717) is 41.1 Å². The molecule has 3 aromatic rings. The number of nitrogens with one attached hydrogen (secondary N) is 2. The van der Waals surface area contributed by atoms with E-state index in [0.717, 1.165) is 71.0 Å². The van der Waals surface area contributed by atoms with Crippen molar-refractivity contribution >= 4 is 34.6 Å². The van der Waals surface area contributed by atoms with E-state index in [2.05, 4.69) is 41.9 Å². The third-order valence-corrected chi connectivity index (χ3v) is 10.3. The number of rotatable bonds is 10. The second kappa shape index (κ2) is 15.2. The van der Waals surface area contributed by atoms with Crippen LogP contribution in [0.2, 0.25) is 0 Å². The fourth-order valence-corrected chi connectivity index (χ4v) is 7.43. The predicted octanol–water partition coefficient (Wildman–Crippen LogP) is 5.38. The Balaban J connectivity index is 1.08. The number of alkyl halides is 3. The van der Waals surface area contributed by atoms with Gasteiger partial charge in [-0.25, -0.2) is 19.4 Å². The number of hydrogen-bond donors (Lipinski definition) is 2. The first-order valence-electron chi connectivity index (χ1n) is 17.5. The summed E-state index contributed by atoms with van der Waals surface area (Å²) in [5.41, 5.74) is 0.370. The molecule has 278 valence electrons. The summed E-state index contributed by atoms with van der Waals surface area (Å²) >= 11 is 0. The number of carbonyl (C=O) groups excluding carboxylic acids is 1. The molecule has 0 saturated carbocycles. The zero-order chi connectivity index (χ0) is 36.4. The maximum atomic E-state index is 15.1. The zero-order valence-electron chi connectivity index (χ0n) is 28.9. The van der Waals surface area contributed by atoms with Gasteiger partial charge in [0.2, 0.25) is 5.91 Å². The van der Waals surface area contributed by atoms with Gasteiger partial charge in [0.05, 0.1) is 61.6 Å². The average molecular weight is 727 g/mol. The third-order valence-electron chi connectivity index (χ3n) is 10.3. The number of piperazine rings is 1. The lowest BCUT2D eigenvalue weighted by Gasteiger charge is -2.46. The van der Waals surface area contributed by atoms with Crippen LogP contribution in [-0.2, 0) is 20.5 Å². The van der Waals surface area contributed by atoms with Gasteiger partial charge in [0.1, 0.15) is 23.7 Å². The number of amides is 1. The lowest BCUT2D eigenvalue weighted by Crippen LogP contribution is -2.59. The van der Waals surface area contributed by atoms with Crippen LogP contribution in [0.4, 0.5) is 46.3 Å². The normalized spacial score (nSPS) is 20.8. The molecule has 0 spiro atoms. The molecule has 52 heavy (non-hydrogen) atoms. The second-order valence-corrected chi connectivity index (χ2v) is 13.3. The minimum absolute atomic E-state index is 0.147. The van der Waals surface area contributed by atoms with Gasteiger partial charge < -0.3 is 25.0 Å². The molecular formula is C36H42F4N8O4. The van der Waals surface area contributed by atoms with Crippen LogP contribution in [0.3, 0.4) is 0 Å². The van der Waals surface area contributed by atoms with Crippen LogP contribution >= 0.6 is 0 Å². The number of methoxy groups -OCH3 is 1. The maximum absolute atomic E-state index is 15.1. The van der Waals surface area contributed by atoms with Crippen molar-refractivity contribution < 1.29 is 36.7 Å². The van der Waals surface area contributed by atoms with Gasteiger partial charge in [-0.05, 0) is 31.1 Å². The van der Waals surface area contributed by atoms with E-state index in [-0.39, 0.29) is 30.3 Å². The molecule has 1 unspecified atom stereocenters. The van der Waals surface area contributed by atoms with Gasteiger partial charge >= 0.3 is 6.18 Å². The summed E-state index contributed by atoms with van der Waals surface area (Å²) in [6.07, 6.45) is -0.149. The van der Waals surface area contributed by atoms with Gasteiger partial charge in [-0.2, -0.15) is 13.2 Å². The molecule has 1 amide bonds. The summed E-state index contributed by atoms with van der Waals surface area (Å²) in [6.45, 7) is 11.3. The summed E-state index contributed by atoms with van der Waals surface area (Å²) < 4.78 is 66.7. The standard InChI is InChI=1S/C36H42F4N8O4/c1-3-34(49)44-27-17-28(31(50-2)18-30(27)47-10-7-23(8-11-47)45-12-14-46(15-13-45)24-20-51-21-24)43-32-19-33(42-22-41-32)48-29(9-16-52-48)25-5-4-6-26(35(25)37)36(38,39)40/h3-6,17-19,22-24,29H,1,7-16,20-21H2,2H3,(H,44,49)(H,41,42,43). The highest BCUT2D eigenvalue weighted by molar-refractivity contribution is 6.02. The van der Waals surface area contributed by atoms with Gasteiger partial charge in [-0.15, -0.1) is 0 Å². The monoisotopic (exact) mass is 726 g/mol. The van der Waals surface area contributed by atoms with E-state index < -0.39 is 23.6 Å². The average Bonchev–Trinajstić information content (AvgIpc) is 3.61. The van der Waals surface area contributed by atoms with Crippen LogP contribution < -0.4 is 25.3 Å². The molecule has 4 fully saturated rings. The van der Waals surface area contributed by atoms with Crippen molar-refractivity contribution in [3.05, 3.63) is 72.3 Å². The molecule has 7 rings (SSSR count). The first-order chi connectivity index (χ1) is 25.1. The first-order valence-corrected chi connectivity index (χ1v) is 17.5.